The Bertz CT molecular complexity index is 823. The van der Waals surface area contributed by atoms with Gasteiger partial charge in [0.25, 0.3) is 0 Å². The highest BCUT2D eigenvalue weighted by Gasteiger charge is 2.39. The Balaban J connectivity index is 2.30. The first kappa shape index (κ1) is 27.5. The zero-order chi connectivity index (χ0) is 24.5. The minimum atomic E-state index is -1.08. The van der Waals surface area contributed by atoms with E-state index >= 15 is 0 Å². The van der Waals surface area contributed by atoms with Crippen molar-refractivity contribution < 1.29 is 19.5 Å². The molecule has 1 heterocycles. The first-order valence-electron chi connectivity index (χ1n) is 11.2. The maximum absolute atomic E-state index is 13.7. The molecular formula is C23H36N4O4S2. The summed E-state index contributed by atoms with van der Waals surface area (Å²) >= 11 is 5.72. The summed E-state index contributed by atoms with van der Waals surface area (Å²) in [6, 6.07) is 5.22. The van der Waals surface area contributed by atoms with E-state index in [9.17, 15) is 19.5 Å². The maximum Gasteiger partial charge on any atom is 0.326 e. The van der Waals surface area contributed by atoms with E-state index in [0.717, 1.165) is 11.1 Å². The Morgan fingerprint density at radius 3 is 2.52 bits per heavy atom. The quantitative estimate of drug-likeness (QED) is 0.275. The number of thiol groups is 1. The van der Waals surface area contributed by atoms with Crippen LogP contribution in [0.5, 0.6) is 0 Å². The van der Waals surface area contributed by atoms with Crippen molar-refractivity contribution in [3.8, 4) is 0 Å². The first-order valence-corrected chi connectivity index (χ1v) is 13.2. The number of carboxylic acids is 1. The molecule has 0 spiro atoms. The molecule has 33 heavy (non-hydrogen) atoms. The van der Waals surface area contributed by atoms with E-state index in [4.69, 9.17) is 5.73 Å². The van der Waals surface area contributed by atoms with Gasteiger partial charge in [0, 0.05) is 31.3 Å². The van der Waals surface area contributed by atoms with Crippen LogP contribution >= 0.6 is 24.4 Å². The van der Waals surface area contributed by atoms with E-state index in [2.05, 4.69) is 23.3 Å². The lowest BCUT2D eigenvalue weighted by atomic mass is 9.91. The highest BCUT2D eigenvalue weighted by molar-refractivity contribution is 7.98. The van der Waals surface area contributed by atoms with E-state index in [1.54, 1.807) is 4.90 Å². The Hall–Kier alpha value is -1.75. The number of hydrogen-bond acceptors (Lipinski definition) is 7. The molecule has 0 aromatic heterocycles. The molecular weight excluding hydrogens is 460 g/mol. The van der Waals surface area contributed by atoms with Crippen LogP contribution in [0.3, 0.4) is 0 Å². The molecule has 1 aromatic carbocycles. The number of nitrogens with zero attached hydrogens (tertiary/aromatic N) is 1. The number of nitrogens with two attached hydrogens (primary N) is 1. The number of hydrogen-bond donors (Lipinski definition) is 5. The Kier molecular flexibility index (Phi) is 11.0. The van der Waals surface area contributed by atoms with Crippen molar-refractivity contribution in [3.05, 3.63) is 35.4 Å². The number of benzene rings is 1. The van der Waals surface area contributed by atoms with Crippen LogP contribution in [-0.4, -0.2) is 76.3 Å². The van der Waals surface area contributed by atoms with Gasteiger partial charge in [0.1, 0.15) is 12.1 Å². The predicted molar refractivity (Wildman–Crippen MR) is 136 cm³/mol. The second-order valence-corrected chi connectivity index (χ2v) is 10.1. The molecule has 184 valence electrons. The van der Waals surface area contributed by atoms with Crippen LogP contribution in [-0.2, 0) is 27.3 Å². The fourth-order valence-electron chi connectivity index (χ4n) is 3.88. The lowest BCUT2D eigenvalue weighted by molar-refractivity contribution is -0.146. The van der Waals surface area contributed by atoms with E-state index in [0.29, 0.717) is 37.4 Å². The minimum absolute atomic E-state index is 0.0288. The molecule has 0 aliphatic carbocycles. The molecule has 10 heteroatoms. The van der Waals surface area contributed by atoms with Gasteiger partial charge in [-0.3, -0.25) is 9.59 Å². The van der Waals surface area contributed by atoms with Crippen LogP contribution in [0, 0.1) is 5.92 Å². The number of carboxylic acid groups (broad SMARTS) is 1. The molecule has 4 atom stereocenters. The molecule has 0 saturated heterocycles. The van der Waals surface area contributed by atoms with Crippen LogP contribution in [0.1, 0.15) is 31.4 Å². The molecule has 0 bridgehead atoms. The van der Waals surface area contributed by atoms with Crippen LogP contribution in [0.25, 0.3) is 0 Å². The van der Waals surface area contributed by atoms with Gasteiger partial charge >= 0.3 is 5.97 Å². The zero-order valence-corrected chi connectivity index (χ0v) is 21.2. The van der Waals surface area contributed by atoms with Gasteiger partial charge < -0.3 is 26.4 Å². The lowest BCUT2D eigenvalue weighted by Gasteiger charge is -2.39. The molecule has 5 N–H and O–H groups in total. The van der Waals surface area contributed by atoms with Crippen LogP contribution in [0.15, 0.2) is 24.3 Å². The molecule has 0 fully saturated rings. The van der Waals surface area contributed by atoms with E-state index in [1.165, 1.54) is 11.8 Å². The van der Waals surface area contributed by atoms with Crippen LogP contribution < -0.4 is 16.4 Å². The highest BCUT2D eigenvalue weighted by atomic mass is 32.2. The third-order valence-electron chi connectivity index (χ3n) is 5.83. The van der Waals surface area contributed by atoms with E-state index in [1.807, 2.05) is 44.4 Å². The van der Waals surface area contributed by atoms with Crippen molar-refractivity contribution in [2.45, 2.75) is 57.4 Å². The smallest absolute Gasteiger partial charge is 0.326 e. The summed E-state index contributed by atoms with van der Waals surface area (Å²) < 4.78 is 0. The number of carbonyl (C=O) groups is 3. The largest absolute Gasteiger partial charge is 0.480 e. The number of thioether (sulfide) groups is 1. The number of carbonyl (C=O) groups excluding carboxylic acids is 2. The lowest BCUT2D eigenvalue weighted by Crippen LogP contribution is -2.60. The number of aliphatic carboxylic acids is 1. The standard InChI is InChI=1S/C23H36N4O4S2/c1-14(2)20(25-11-17(24)13-32)22(29)27-12-16-7-5-4-6-15(16)10-19(27)21(28)26-18(23(30)31)8-9-33-3/h4-7,14,17-20,25,32H,8-13,24H2,1-3H3,(H,26,28)(H,30,31)/t17?,18-,19+,20-/m0/s1. The monoisotopic (exact) mass is 496 g/mol. The van der Waals surface area contributed by atoms with Gasteiger partial charge in [-0.1, -0.05) is 38.1 Å². The van der Waals surface area contributed by atoms with Crippen molar-refractivity contribution in [2.75, 3.05) is 24.3 Å². The zero-order valence-electron chi connectivity index (χ0n) is 19.5. The summed E-state index contributed by atoms with van der Waals surface area (Å²) in [5.74, 6) is -0.644. The van der Waals surface area contributed by atoms with Crippen molar-refractivity contribution in [1.29, 1.82) is 0 Å². The number of amides is 2. The van der Waals surface area contributed by atoms with Gasteiger partial charge in [-0.05, 0) is 35.5 Å². The Labute approximate surface area is 205 Å². The van der Waals surface area contributed by atoms with Gasteiger partial charge in [0.05, 0.1) is 6.04 Å². The molecule has 1 aliphatic heterocycles. The summed E-state index contributed by atoms with van der Waals surface area (Å²) in [5, 5.41) is 15.5. The second kappa shape index (κ2) is 13.2. The number of nitrogens with one attached hydrogen (secondary N) is 2. The highest BCUT2D eigenvalue weighted by Crippen LogP contribution is 2.25. The third-order valence-corrected chi connectivity index (χ3v) is 6.94. The van der Waals surface area contributed by atoms with Gasteiger partial charge in [-0.2, -0.15) is 24.4 Å². The fraction of sp³-hybridized carbons (Fsp3) is 0.609. The van der Waals surface area contributed by atoms with E-state index < -0.39 is 30.0 Å². The molecule has 0 saturated carbocycles. The molecule has 1 unspecified atom stereocenters. The van der Waals surface area contributed by atoms with Crippen molar-refractivity contribution >= 4 is 42.2 Å². The van der Waals surface area contributed by atoms with Crippen LogP contribution in [0.4, 0.5) is 0 Å². The fourth-order valence-corrected chi connectivity index (χ4v) is 4.48. The third kappa shape index (κ3) is 7.63. The Morgan fingerprint density at radius 2 is 1.94 bits per heavy atom. The van der Waals surface area contributed by atoms with Gasteiger partial charge in [-0.25, -0.2) is 4.79 Å². The van der Waals surface area contributed by atoms with E-state index in [-0.39, 0.29) is 17.9 Å². The normalized spacial score (nSPS) is 18.4. The summed E-state index contributed by atoms with van der Waals surface area (Å²) in [4.78, 5) is 40.2. The Morgan fingerprint density at radius 1 is 1.27 bits per heavy atom. The molecule has 0 radical (unpaired) electrons. The SMILES string of the molecule is CSCC[C@H](NC(=O)[C@H]1Cc2ccccc2CN1C(=O)[C@@H](NCC(N)CS)C(C)C)C(=O)O. The molecule has 2 amide bonds. The topological polar surface area (TPSA) is 125 Å². The summed E-state index contributed by atoms with van der Waals surface area (Å²) in [5.41, 5.74) is 7.95. The molecule has 8 nitrogen and oxygen atoms in total. The average molecular weight is 497 g/mol. The molecule has 1 aliphatic rings. The van der Waals surface area contributed by atoms with Crippen molar-refractivity contribution in [1.82, 2.24) is 15.5 Å². The van der Waals surface area contributed by atoms with Crippen molar-refractivity contribution in [2.24, 2.45) is 11.7 Å². The van der Waals surface area contributed by atoms with Gasteiger partial charge in [-0.15, -0.1) is 0 Å². The predicted octanol–water partition coefficient (Wildman–Crippen LogP) is 1.13. The summed E-state index contributed by atoms with van der Waals surface area (Å²) in [7, 11) is 0. The first-order chi connectivity index (χ1) is 15.7. The maximum atomic E-state index is 13.7. The summed E-state index contributed by atoms with van der Waals surface area (Å²) in [6.45, 7) is 4.60. The molecule has 2 rings (SSSR count). The summed E-state index contributed by atoms with van der Waals surface area (Å²) in [6.07, 6.45) is 2.54. The van der Waals surface area contributed by atoms with Gasteiger partial charge in [0.15, 0.2) is 0 Å². The van der Waals surface area contributed by atoms with Crippen molar-refractivity contribution in [3.63, 3.8) is 0 Å². The molecule has 1 aromatic rings. The number of rotatable bonds is 12. The minimum Gasteiger partial charge on any atom is -0.480 e. The number of fused-ring (bicyclic) bond motifs is 1. The second-order valence-electron chi connectivity index (χ2n) is 8.71. The van der Waals surface area contributed by atoms with Crippen LogP contribution in [0.2, 0.25) is 0 Å². The average Bonchev–Trinajstić information content (AvgIpc) is 2.79. The van der Waals surface area contributed by atoms with Gasteiger partial charge in [0.2, 0.25) is 11.8 Å².